The summed E-state index contributed by atoms with van der Waals surface area (Å²) in [4.78, 5) is 22.1. The fourth-order valence-electron chi connectivity index (χ4n) is 3.33. The molecular formula is C24H23ClN6O2S. The molecule has 174 valence electrons. The summed E-state index contributed by atoms with van der Waals surface area (Å²) in [5.74, 6) is 0.786. The molecule has 0 saturated carbocycles. The van der Waals surface area contributed by atoms with Crippen molar-refractivity contribution in [1.29, 1.82) is 0 Å². The average Bonchev–Trinajstić information content (AvgIpc) is 3.25. The third-order valence-corrected chi connectivity index (χ3v) is 6.22. The summed E-state index contributed by atoms with van der Waals surface area (Å²) in [6.45, 7) is 4.13. The van der Waals surface area contributed by atoms with E-state index in [1.54, 1.807) is 17.9 Å². The van der Waals surface area contributed by atoms with E-state index in [-0.39, 0.29) is 18.1 Å². The van der Waals surface area contributed by atoms with Crippen LogP contribution in [0.2, 0.25) is 5.02 Å². The van der Waals surface area contributed by atoms with Gasteiger partial charge in [0.2, 0.25) is 0 Å². The third kappa shape index (κ3) is 5.55. The van der Waals surface area contributed by atoms with Crippen molar-refractivity contribution in [2.45, 2.75) is 31.3 Å². The zero-order chi connectivity index (χ0) is 24.1. The minimum atomic E-state index is -0.336. The zero-order valence-corrected chi connectivity index (χ0v) is 20.5. The Kier molecular flexibility index (Phi) is 7.44. The summed E-state index contributed by atoms with van der Waals surface area (Å²) < 4.78 is 6.90. The van der Waals surface area contributed by atoms with Gasteiger partial charge in [-0.2, -0.15) is 0 Å². The van der Waals surface area contributed by atoms with Crippen molar-refractivity contribution >= 4 is 29.3 Å². The predicted octanol–water partition coefficient (Wildman–Crippen LogP) is 4.56. The Morgan fingerprint density at radius 2 is 1.79 bits per heavy atom. The smallest absolute Gasteiger partial charge is 0.274 e. The highest BCUT2D eigenvalue weighted by molar-refractivity contribution is 7.98. The number of hydrogen-bond acceptors (Lipinski definition) is 7. The Morgan fingerprint density at radius 3 is 2.47 bits per heavy atom. The first-order valence-corrected chi connectivity index (χ1v) is 11.9. The lowest BCUT2D eigenvalue weighted by atomic mass is 10.2. The van der Waals surface area contributed by atoms with Gasteiger partial charge < -0.3 is 10.1 Å². The SMILES string of the molecule is COc1ccc(-n2nnc(C(=O)NCc3ccccc3Cl)c2CSc2nc(C)cc(C)n2)cc1. The van der Waals surface area contributed by atoms with Crippen LogP contribution in [0.1, 0.15) is 33.1 Å². The molecule has 1 amide bonds. The van der Waals surface area contributed by atoms with Crippen LogP contribution >= 0.6 is 23.4 Å². The van der Waals surface area contributed by atoms with Gasteiger partial charge in [0.1, 0.15) is 5.75 Å². The second kappa shape index (κ2) is 10.7. The molecule has 0 aliphatic rings. The maximum atomic E-state index is 13.1. The average molecular weight is 495 g/mol. The van der Waals surface area contributed by atoms with Gasteiger partial charge in [0, 0.05) is 28.7 Å². The van der Waals surface area contributed by atoms with Crippen molar-refractivity contribution in [3.05, 3.63) is 88.0 Å². The number of benzene rings is 2. The molecule has 0 saturated heterocycles. The lowest BCUT2D eigenvalue weighted by Crippen LogP contribution is -2.24. The lowest BCUT2D eigenvalue weighted by molar-refractivity contribution is 0.0945. The minimum Gasteiger partial charge on any atom is -0.497 e. The van der Waals surface area contributed by atoms with E-state index in [2.05, 4.69) is 25.6 Å². The van der Waals surface area contributed by atoms with E-state index in [9.17, 15) is 4.79 Å². The molecule has 2 aromatic carbocycles. The Hall–Kier alpha value is -3.43. The number of ether oxygens (including phenoxy) is 1. The number of thioether (sulfide) groups is 1. The number of halogens is 1. The van der Waals surface area contributed by atoms with E-state index in [0.29, 0.717) is 21.6 Å². The molecule has 0 spiro atoms. The fourth-order valence-corrected chi connectivity index (χ4v) is 4.47. The van der Waals surface area contributed by atoms with Crippen LogP contribution in [0.15, 0.2) is 59.8 Å². The predicted molar refractivity (Wildman–Crippen MR) is 132 cm³/mol. The van der Waals surface area contributed by atoms with Gasteiger partial charge in [-0.05, 0) is 55.8 Å². The molecular weight excluding hydrogens is 472 g/mol. The highest BCUT2D eigenvalue weighted by Crippen LogP contribution is 2.25. The first kappa shape index (κ1) is 23.7. The fraction of sp³-hybridized carbons (Fsp3) is 0.208. The number of nitrogens with one attached hydrogen (secondary N) is 1. The Bertz CT molecular complexity index is 1290. The number of aromatic nitrogens is 5. The van der Waals surface area contributed by atoms with E-state index in [0.717, 1.165) is 28.4 Å². The van der Waals surface area contributed by atoms with Gasteiger partial charge in [-0.3, -0.25) is 4.79 Å². The maximum Gasteiger partial charge on any atom is 0.274 e. The van der Waals surface area contributed by atoms with Gasteiger partial charge >= 0.3 is 0 Å². The molecule has 0 bridgehead atoms. The van der Waals surface area contributed by atoms with Gasteiger partial charge in [0.15, 0.2) is 10.9 Å². The van der Waals surface area contributed by atoms with Crippen molar-refractivity contribution in [3.8, 4) is 11.4 Å². The molecule has 4 rings (SSSR count). The first-order chi connectivity index (χ1) is 16.4. The van der Waals surface area contributed by atoms with Gasteiger partial charge in [-0.15, -0.1) is 5.10 Å². The number of rotatable bonds is 8. The molecule has 0 aliphatic heterocycles. The Balaban J connectivity index is 1.62. The van der Waals surface area contributed by atoms with Crippen LogP contribution in [0.3, 0.4) is 0 Å². The number of carbonyl (C=O) groups excluding carboxylic acids is 1. The zero-order valence-electron chi connectivity index (χ0n) is 18.9. The van der Waals surface area contributed by atoms with Crippen LogP contribution < -0.4 is 10.1 Å². The molecule has 4 aromatic rings. The van der Waals surface area contributed by atoms with E-state index in [1.165, 1.54) is 11.8 Å². The van der Waals surface area contributed by atoms with E-state index >= 15 is 0 Å². The molecule has 2 aromatic heterocycles. The standard InChI is InChI=1S/C24H23ClN6O2S/c1-15-12-16(2)28-24(27-15)34-14-21-22(23(32)26-13-17-6-4-5-7-20(17)25)29-30-31(21)18-8-10-19(33-3)11-9-18/h4-12H,13-14H2,1-3H3,(H,26,32). The van der Waals surface area contributed by atoms with Crippen molar-refractivity contribution in [1.82, 2.24) is 30.3 Å². The monoisotopic (exact) mass is 494 g/mol. The van der Waals surface area contributed by atoms with E-state index in [4.69, 9.17) is 16.3 Å². The number of hydrogen-bond donors (Lipinski definition) is 1. The van der Waals surface area contributed by atoms with Gasteiger partial charge in [-0.1, -0.05) is 46.8 Å². The quantitative estimate of drug-likeness (QED) is 0.283. The lowest BCUT2D eigenvalue weighted by Gasteiger charge is -2.10. The van der Waals surface area contributed by atoms with Crippen LogP contribution in [0, 0.1) is 13.8 Å². The van der Waals surface area contributed by atoms with Crippen molar-refractivity contribution in [2.24, 2.45) is 0 Å². The summed E-state index contributed by atoms with van der Waals surface area (Å²) in [5.41, 5.74) is 4.22. The summed E-state index contributed by atoms with van der Waals surface area (Å²) in [7, 11) is 1.61. The molecule has 2 heterocycles. The molecule has 0 unspecified atom stereocenters. The number of methoxy groups -OCH3 is 1. The Labute approximate surface area is 206 Å². The largest absolute Gasteiger partial charge is 0.497 e. The highest BCUT2D eigenvalue weighted by Gasteiger charge is 2.21. The summed E-state index contributed by atoms with van der Waals surface area (Å²) in [6.07, 6.45) is 0. The van der Waals surface area contributed by atoms with Gasteiger partial charge in [-0.25, -0.2) is 14.6 Å². The van der Waals surface area contributed by atoms with Crippen LogP contribution in [-0.4, -0.2) is 38.0 Å². The van der Waals surface area contributed by atoms with Crippen molar-refractivity contribution < 1.29 is 9.53 Å². The molecule has 8 nitrogen and oxygen atoms in total. The number of aryl methyl sites for hydroxylation is 2. The molecule has 1 N–H and O–H groups in total. The van der Waals surface area contributed by atoms with Crippen LogP contribution in [0.25, 0.3) is 5.69 Å². The van der Waals surface area contributed by atoms with E-state index in [1.807, 2.05) is 62.4 Å². The minimum absolute atomic E-state index is 0.236. The third-order valence-electron chi connectivity index (χ3n) is 4.99. The second-order valence-corrected chi connectivity index (χ2v) is 8.84. The Morgan fingerprint density at radius 1 is 1.09 bits per heavy atom. The summed E-state index contributed by atoms with van der Waals surface area (Å²) in [6, 6.07) is 16.7. The van der Waals surface area contributed by atoms with Crippen LogP contribution in [-0.2, 0) is 12.3 Å². The van der Waals surface area contributed by atoms with Gasteiger partial charge in [0.05, 0.1) is 18.5 Å². The number of carbonyl (C=O) groups is 1. The second-order valence-electron chi connectivity index (χ2n) is 7.49. The number of amides is 1. The summed E-state index contributed by atoms with van der Waals surface area (Å²) in [5, 5.41) is 12.6. The number of nitrogens with zero attached hydrogens (tertiary/aromatic N) is 5. The normalized spacial score (nSPS) is 10.8. The van der Waals surface area contributed by atoms with Crippen molar-refractivity contribution in [2.75, 3.05) is 7.11 Å². The molecule has 0 atom stereocenters. The van der Waals surface area contributed by atoms with Crippen molar-refractivity contribution in [3.63, 3.8) is 0 Å². The van der Waals surface area contributed by atoms with E-state index < -0.39 is 0 Å². The molecule has 34 heavy (non-hydrogen) atoms. The molecule has 0 aliphatic carbocycles. The topological polar surface area (TPSA) is 94.8 Å². The first-order valence-electron chi connectivity index (χ1n) is 10.5. The maximum absolute atomic E-state index is 13.1. The highest BCUT2D eigenvalue weighted by atomic mass is 35.5. The molecule has 10 heteroatoms. The van der Waals surface area contributed by atoms with Crippen LogP contribution in [0.4, 0.5) is 0 Å². The molecule has 0 radical (unpaired) electrons. The molecule has 0 fully saturated rings. The summed E-state index contributed by atoms with van der Waals surface area (Å²) >= 11 is 7.65. The van der Waals surface area contributed by atoms with Gasteiger partial charge in [0.25, 0.3) is 5.91 Å². The van der Waals surface area contributed by atoms with Crippen LogP contribution in [0.5, 0.6) is 5.75 Å².